The van der Waals surface area contributed by atoms with Gasteiger partial charge in [0.05, 0.1) is 0 Å². The van der Waals surface area contributed by atoms with Crippen molar-refractivity contribution in [3.8, 4) is 0 Å². The van der Waals surface area contributed by atoms with Crippen molar-refractivity contribution in [2.75, 3.05) is 13.7 Å². The molecule has 0 radical (unpaired) electrons. The molecule has 0 aromatic heterocycles. The van der Waals surface area contributed by atoms with Crippen LogP contribution in [0.1, 0.15) is 90.4 Å². The first kappa shape index (κ1) is 17.3. The largest absolute Gasteiger partial charge is 0.384 e. The molecule has 2 aliphatic carbocycles. The Morgan fingerprint density at radius 3 is 1.52 bits per heavy atom. The Bertz CT molecular complexity index is 247. The second-order valence-electron chi connectivity index (χ2n) is 7.95. The number of hydrogen-bond donors (Lipinski definition) is 0. The highest BCUT2D eigenvalue weighted by Gasteiger charge is 2.24. The zero-order valence-corrected chi connectivity index (χ0v) is 14.6. The van der Waals surface area contributed by atoms with Crippen molar-refractivity contribution in [2.45, 2.75) is 90.4 Å². The van der Waals surface area contributed by atoms with Crippen LogP contribution in [-0.4, -0.2) is 13.7 Å². The average molecular weight is 295 g/mol. The van der Waals surface area contributed by atoms with E-state index in [1.54, 1.807) is 0 Å². The maximum atomic E-state index is 5.31. The molecule has 0 aromatic rings. The van der Waals surface area contributed by atoms with E-state index in [2.05, 4.69) is 6.92 Å². The summed E-state index contributed by atoms with van der Waals surface area (Å²) < 4.78 is 5.31. The van der Waals surface area contributed by atoms with Gasteiger partial charge in [0.25, 0.3) is 0 Å². The summed E-state index contributed by atoms with van der Waals surface area (Å²) in [6, 6.07) is 0. The van der Waals surface area contributed by atoms with Crippen molar-refractivity contribution in [2.24, 2.45) is 23.7 Å². The lowest BCUT2D eigenvalue weighted by Gasteiger charge is -2.32. The molecule has 2 rings (SSSR count). The smallest absolute Gasteiger partial charge is 0.0490 e. The molecule has 0 unspecified atom stereocenters. The minimum atomic E-state index is 0.861. The first-order chi connectivity index (χ1) is 10.3. The highest BCUT2D eigenvalue weighted by Crippen LogP contribution is 2.37. The molecule has 1 heteroatoms. The Morgan fingerprint density at radius 1 is 0.667 bits per heavy atom. The molecule has 21 heavy (non-hydrogen) atoms. The molecular formula is C20H38O. The van der Waals surface area contributed by atoms with Gasteiger partial charge in [0.2, 0.25) is 0 Å². The summed E-state index contributed by atoms with van der Waals surface area (Å²) in [5.74, 6) is 4.04. The van der Waals surface area contributed by atoms with Gasteiger partial charge in [-0.2, -0.15) is 0 Å². The third-order valence-corrected chi connectivity index (χ3v) is 6.28. The van der Waals surface area contributed by atoms with Crippen LogP contribution < -0.4 is 0 Å². The predicted octanol–water partition coefficient (Wildman–Crippen LogP) is 6.22. The Kier molecular flexibility index (Phi) is 8.14. The van der Waals surface area contributed by atoms with Crippen molar-refractivity contribution < 1.29 is 4.74 Å². The lowest BCUT2D eigenvalue weighted by molar-refractivity contribution is 0.115. The first-order valence-corrected chi connectivity index (χ1v) is 9.80. The van der Waals surface area contributed by atoms with Gasteiger partial charge in [0.15, 0.2) is 0 Å². The molecule has 0 aromatic carbocycles. The summed E-state index contributed by atoms with van der Waals surface area (Å²) in [7, 11) is 1.85. The number of rotatable bonds is 8. The molecule has 0 N–H and O–H groups in total. The monoisotopic (exact) mass is 294 g/mol. The number of methoxy groups -OCH3 is 1. The SMILES string of the molecule is CCCC[C@H]1CC[C@H](CCC2CCC(COC)CC2)CC1. The first-order valence-electron chi connectivity index (χ1n) is 9.80. The van der Waals surface area contributed by atoms with Gasteiger partial charge in [-0.3, -0.25) is 0 Å². The molecule has 0 spiro atoms. The molecule has 0 amide bonds. The predicted molar refractivity (Wildman–Crippen MR) is 91.5 cm³/mol. The minimum absolute atomic E-state index is 0.861. The molecule has 0 heterocycles. The fraction of sp³-hybridized carbons (Fsp3) is 1.00. The van der Waals surface area contributed by atoms with Crippen molar-refractivity contribution in [3.05, 3.63) is 0 Å². The number of hydrogen-bond acceptors (Lipinski definition) is 1. The van der Waals surface area contributed by atoms with Gasteiger partial charge < -0.3 is 4.74 Å². The van der Waals surface area contributed by atoms with Crippen LogP contribution in [0.3, 0.4) is 0 Å². The van der Waals surface area contributed by atoms with Crippen molar-refractivity contribution in [1.29, 1.82) is 0 Å². The van der Waals surface area contributed by atoms with E-state index in [0.717, 1.165) is 30.3 Å². The summed E-state index contributed by atoms with van der Waals surface area (Å²) in [6.07, 6.45) is 19.3. The van der Waals surface area contributed by atoms with Crippen LogP contribution in [-0.2, 0) is 4.74 Å². The lowest BCUT2D eigenvalue weighted by atomic mass is 9.75. The maximum Gasteiger partial charge on any atom is 0.0490 e. The van der Waals surface area contributed by atoms with E-state index in [9.17, 15) is 0 Å². The summed E-state index contributed by atoms with van der Waals surface area (Å²) >= 11 is 0. The summed E-state index contributed by atoms with van der Waals surface area (Å²) in [5, 5.41) is 0. The summed E-state index contributed by atoms with van der Waals surface area (Å²) in [5.41, 5.74) is 0. The molecule has 0 atom stereocenters. The van der Waals surface area contributed by atoms with E-state index in [1.807, 2.05) is 7.11 Å². The molecule has 2 saturated carbocycles. The molecule has 2 fully saturated rings. The third-order valence-electron chi connectivity index (χ3n) is 6.28. The highest BCUT2D eigenvalue weighted by molar-refractivity contribution is 4.76. The standard InChI is InChI=1S/C20H38O/c1-3-4-5-17-6-8-18(9-7-17)10-11-19-12-14-20(15-13-19)16-21-2/h17-20H,3-16H2,1-2H3/t17-,18-,19?,20?. The van der Waals surface area contributed by atoms with E-state index < -0.39 is 0 Å². The zero-order chi connectivity index (χ0) is 14.9. The van der Waals surface area contributed by atoms with Crippen molar-refractivity contribution in [1.82, 2.24) is 0 Å². The molecule has 0 aliphatic heterocycles. The normalized spacial score (nSPS) is 34.0. The second-order valence-corrected chi connectivity index (χ2v) is 7.95. The van der Waals surface area contributed by atoms with Crippen LogP contribution in [0.2, 0.25) is 0 Å². The van der Waals surface area contributed by atoms with E-state index in [1.165, 1.54) is 83.5 Å². The Labute approximate surface area is 133 Å². The van der Waals surface area contributed by atoms with E-state index >= 15 is 0 Å². The van der Waals surface area contributed by atoms with Crippen molar-refractivity contribution in [3.63, 3.8) is 0 Å². The van der Waals surface area contributed by atoms with E-state index in [-0.39, 0.29) is 0 Å². The van der Waals surface area contributed by atoms with Crippen LogP contribution in [0.5, 0.6) is 0 Å². The molecule has 2 aliphatic rings. The number of ether oxygens (including phenoxy) is 1. The molecular weight excluding hydrogens is 256 g/mol. The lowest BCUT2D eigenvalue weighted by Crippen LogP contribution is -2.20. The summed E-state index contributed by atoms with van der Waals surface area (Å²) in [6.45, 7) is 3.32. The fourth-order valence-corrected chi connectivity index (χ4v) is 4.70. The molecule has 124 valence electrons. The van der Waals surface area contributed by atoms with Crippen LogP contribution in [0.15, 0.2) is 0 Å². The van der Waals surface area contributed by atoms with Gasteiger partial charge in [-0.05, 0) is 36.5 Å². The highest BCUT2D eigenvalue weighted by atomic mass is 16.5. The molecule has 1 nitrogen and oxygen atoms in total. The van der Waals surface area contributed by atoms with Crippen LogP contribution in [0.4, 0.5) is 0 Å². The quantitative estimate of drug-likeness (QED) is 0.516. The van der Waals surface area contributed by atoms with Crippen LogP contribution in [0, 0.1) is 23.7 Å². The van der Waals surface area contributed by atoms with Gasteiger partial charge >= 0.3 is 0 Å². The Balaban J connectivity index is 1.54. The Hall–Kier alpha value is -0.0400. The van der Waals surface area contributed by atoms with Gasteiger partial charge in [0, 0.05) is 13.7 Å². The molecule has 0 bridgehead atoms. The van der Waals surface area contributed by atoms with Gasteiger partial charge in [0.1, 0.15) is 0 Å². The summed E-state index contributed by atoms with van der Waals surface area (Å²) in [4.78, 5) is 0. The maximum absolute atomic E-state index is 5.31. The molecule has 0 saturated heterocycles. The fourth-order valence-electron chi connectivity index (χ4n) is 4.70. The van der Waals surface area contributed by atoms with Crippen LogP contribution >= 0.6 is 0 Å². The van der Waals surface area contributed by atoms with E-state index in [0.29, 0.717) is 0 Å². The van der Waals surface area contributed by atoms with Crippen molar-refractivity contribution >= 4 is 0 Å². The third kappa shape index (κ3) is 6.30. The van der Waals surface area contributed by atoms with Gasteiger partial charge in [-0.15, -0.1) is 0 Å². The number of unbranched alkanes of at least 4 members (excludes halogenated alkanes) is 1. The minimum Gasteiger partial charge on any atom is -0.384 e. The Morgan fingerprint density at radius 2 is 1.10 bits per heavy atom. The van der Waals surface area contributed by atoms with E-state index in [4.69, 9.17) is 4.74 Å². The topological polar surface area (TPSA) is 9.23 Å². The average Bonchev–Trinajstić information content (AvgIpc) is 2.53. The van der Waals surface area contributed by atoms with Crippen LogP contribution in [0.25, 0.3) is 0 Å². The van der Waals surface area contributed by atoms with Gasteiger partial charge in [-0.1, -0.05) is 77.6 Å². The second kappa shape index (κ2) is 9.87. The van der Waals surface area contributed by atoms with Gasteiger partial charge in [-0.25, -0.2) is 0 Å². The zero-order valence-electron chi connectivity index (χ0n) is 14.6.